The maximum Gasteiger partial charge on any atom is 0.404 e. The standard InChI is InChI=1S/C7H13NO2/c1-2-3-4-5-6-10-7(8)9/h4-5H,2-3,6H2,1H3,(H2,8,9)/b5-4+. The van der Waals surface area contributed by atoms with Gasteiger partial charge < -0.3 is 10.5 Å². The number of hydrogen-bond donors (Lipinski definition) is 1. The van der Waals surface area contributed by atoms with Crippen LogP contribution in [0.3, 0.4) is 0 Å². The van der Waals surface area contributed by atoms with Gasteiger partial charge in [0.05, 0.1) is 0 Å². The first-order valence-electron chi connectivity index (χ1n) is 3.34. The van der Waals surface area contributed by atoms with Gasteiger partial charge >= 0.3 is 6.09 Å². The van der Waals surface area contributed by atoms with E-state index in [-0.39, 0.29) is 6.61 Å². The highest BCUT2D eigenvalue weighted by molar-refractivity contribution is 5.64. The fourth-order valence-corrected chi connectivity index (χ4v) is 0.483. The second kappa shape index (κ2) is 6.13. The van der Waals surface area contributed by atoms with E-state index in [1.54, 1.807) is 6.08 Å². The Morgan fingerprint density at radius 3 is 2.80 bits per heavy atom. The molecule has 0 heterocycles. The Balaban J connectivity index is 3.10. The van der Waals surface area contributed by atoms with Gasteiger partial charge in [-0.25, -0.2) is 4.79 Å². The second-order valence-electron chi connectivity index (χ2n) is 1.89. The average molecular weight is 143 g/mol. The molecule has 2 N–H and O–H groups in total. The number of unbranched alkanes of at least 4 members (excludes halogenated alkanes) is 1. The van der Waals surface area contributed by atoms with Crippen molar-refractivity contribution in [1.29, 1.82) is 0 Å². The van der Waals surface area contributed by atoms with Crippen molar-refractivity contribution in [3.8, 4) is 0 Å². The van der Waals surface area contributed by atoms with Crippen LogP contribution in [0.15, 0.2) is 12.2 Å². The van der Waals surface area contributed by atoms with Crippen molar-refractivity contribution in [2.75, 3.05) is 6.61 Å². The van der Waals surface area contributed by atoms with E-state index in [1.807, 2.05) is 6.08 Å². The van der Waals surface area contributed by atoms with Crippen LogP contribution < -0.4 is 5.73 Å². The number of primary amides is 1. The van der Waals surface area contributed by atoms with Crippen LogP contribution >= 0.6 is 0 Å². The van der Waals surface area contributed by atoms with Gasteiger partial charge in [0.1, 0.15) is 6.61 Å². The molecular weight excluding hydrogens is 130 g/mol. The SMILES string of the molecule is CCC/C=C/COC(N)=O. The third-order valence-electron chi connectivity index (χ3n) is 0.944. The second-order valence-corrected chi connectivity index (χ2v) is 1.89. The molecule has 0 saturated heterocycles. The number of hydrogen-bond acceptors (Lipinski definition) is 2. The number of carbonyl (C=O) groups excluding carboxylic acids is 1. The summed E-state index contributed by atoms with van der Waals surface area (Å²) in [7, 11) is 0. The van der Waals surface area contributed by atoms with E-state index >= 15 is 0 Å². The van der Waals surface area contributed by atoms with E-state index in [0.717, 1.165) is 12.8 Å². The first kappa shape index (κ1) is 9.01. The molecule has 0 spiro atoms. The van der Waals surface area contributed by atoms with Crippen molar-refractivity contribution in [3.05, 3.63) is 12.2 Å². The molecule has 0 aliphatic carbocycles. The zero-order valence-corrected chi connectivity index (χ0v) is 6.17. The Hall–Kier alpha value is -0.990. The number of amides is 1. The van der Waals surface area contributed by atoms with Gasteiger partial charge in [-0.05, 0) is 6.42 Å². The van der Waals surface area contributed by atoms with E-state index in [2.05, 4.69) is 11.7 Å². The van der Waals surface area contributed by atoms with E-state index < -0.39 is 6.09 Å². The molecule has 0 aliphatic rings. The van der Waals surface area contributed by atoms with Gasteiger partial charge in [0.2, 0.25) is 0 Å². The fourth-order valence-electron chi connectivity index (χ4n) is 0.483. The molecule has 1 amide bonds. The van der Waals surface area contributed by atoms with Crippen molar-refractivity contribution in [1.82, 2.24) is 0 Å². The van der Waals surface area contributed by atoms with Gasteiger partial charge in [0.15, 0.2) is 0 Å². The third kappa shape index (κ3) is 7.01. The lowest BCUT2D eigenvalue weighted by Crippen LogP contribution is -2.12. The summed E-state index contributed by atoms with van der Waals surface area (Å²) in [4.78, 5) is 10.00. The maximum absolute atomic E-state index is 10.00. The highest BCUT2D eigenvalue weighted by atomic mass is 16.5. The summed E-state index contributed by atoms with van der Waals surface area (Å²) >= 11 is 0. The zero-order chi connectivity index (χ0) is 7.82. The lowest BCUT2D eigenvalue weighted by Gasteiger charge is -1.92. The summed E-state index contributed by atoms with van der Waals surface area (Å²) < 4.78 is 4.44. The van der Waals surface area contributed by atoms with Crippen molar-refractivity contribution in [2.45, 2.75) is 19.8 Å². The highest BCUT2D eigenvalue weighted by Gasteiger charge is 1.86. The molecule has 3 nitrogen and oxygen atoms in total. The van der Waals surface area contributed by atoms with Crippen molar-refractivity contribution >= 4 is 6.09 Å². The van der Waals surface area contributed by atoms with E-state index in [1.165, 1.54) is 0 Å². The molecule has 0 aromatic heterocycles. The predicted octanol–water partition coefficient (Wildman–Crippen LogP) is 1.44. The van der Waals surface area contributed by atoms with Gasteiger partial charge in [-0.2, -0.15) is 0 Å². The molecule has 0 fully saturated rings. The minimum absolute atomic E-state index is 0.287. The quantitative estimate of drug-likeness (QED) is 0.605. The summed E-state index contributed by atoms with van der Waals surface area (Å²) in [5.41, 5.74) is 4.71. The minimum Gasteiger partial charge on any atom is -0.445 e. The normalized spacial score (nSPS) is 10.1. The molecule has 0 aliphatic heterocycles. The lowest BCUT2D eigenvalue weighted by molar-refractivity contribution is 0.169. The van der Waals surface area contributed by atoms with Gasteiger partial charge in [0.25, 0.3) is 0 Å². The van der Waals surface area contributed by atoms with Crippen LogP contribution in [-0.4, -0.2) is 12.7 Å². The number of allylic oxidation sites excluding steroid dienone is 1. The van der Waals surface area contributed by atoms with E-state index in [9.17, 15) is 4.79 Å². The van der Waals surface area contributed by atoms with Crippen LogP contribution in [0.2, 0.25) is 0 Å². The number of rotatable bonds is 4. The van der Waals surface area contributed by atoms with Crippen molar-refractivity contribution in [3.63, 3.8) is 0 Å². The highest BCUT2D eigenvalue weighted by Crippen LogP contribution is 1.87. The maximum atomic E-state index is 10.00. The fraction of sp³-hybridized carbons (Fsp3) is 0.571. The number of nitrogens with two attached hydrogens (primary N) is 1. The summed E-state index contributed by atoms with van der Waals surface area (Å²) in [6.45, 7) is 2.37. The van der Waals surface area contributed by atoms with Gasteiger partial charge in [0, 0.05) is 0 Å². The molecule has 58 valence electrons. The van der Waals surface area contributed by atoms with Crippen molar-refractivity contribution < 1.29 is 9.53 Å². The average Bonchev–Trinajstić information content (AvgIpc) is 1.87. The smallest absolute Gasteiger partial charge is 0.404 e. The molecule has 10 heavy (non-hydrogen) atoms. The van der Waals surface area contributed by atoms with Crippen LogP contribution in [0.4, 0.5) is 4.79 Å². The van der Waals surface area contributed by atoms with Crippen LogP contribution in [-0.2, 0) is 4.74 Å². The van der Waals surface area contributed by atoms with Crippen molar-refractivity contribution in [2.24, 2.45) is 5.73 Å². The van der Waals surface area contributed by atoms with E-state index in [0.29, 0.717) is 0 Å². The summed E-state index contributed by atoms with van der Waals surface area (Å²) in [6, 6.07) is 0. The molecule has 0 radical (unpaired) electrons. The van der Waals surface area contributed by atoms with Crippen LogP contribution in [0, 0.1) is 0 Å². The lowest BCUT2D eigenvalue weighted by atomic mass is 10.3. The van der Waals surface area contributed by atoms with Crippen LogP contribution in [0.5, 0.6) is 0 Å². The molecule has 0 aromatic carbocycles. The Bertz CT molecular complexity index is 121. The molecule has 0 rings (SSSR count). The first-order chi connectivity index (χ1) is 4.77. The monoisotopic (exact) mass is 143 g/mol. The largest absolute Gasteiger partial charge is 0.445 e. The molecule has 0 bridgehead atoms. The van der Waals surface area contributed by atoms with Crippen LogP contribution in [0.1, 0.15) is 19.8 Å². The molecule has 0 aromatic rings. The first-order valence-corrected chi connectivity index (χ1v) is 3.34. The van der Waals surface area contributed by atoms with Gasteiger partial charge in [-0.15, -0.1) is 0 Å². The Morgan fingerprint density at radius 2 is 2.30 bits per heavy atom. The molecule has 3 heteroatoms. The minimum atomic E-state index is -0.721. The Kier molecular flexibility index (Phi) is 5.53. The molecule has 0 saturated carbocycles. The molecule has 0 unspecified atom stereocenters. The topological polar surface area (TPSA) is 52.3 Å². The summed E-state index contributed by atoms with van der Waals surface area (Å²) in [5.74, 6) is 0. The number of ether oxygens (including phenoxy) is 1. The molecular formula is C7H13NO2. The summed E-state index contributed by atoms with van der Waals surface area (Å²) in [5, 5.41) is 0. The number of carbonyl (C=O) groups is 1. The van der Waals surface area contributed by atoms with Gasteiger partial charge in [-0.1, -0.05) is 25.5 Å². The Labute approximate surface area is 60.9 Å². The predicted molar refractivity (Wildman–Crippen MR) is 39.6 cm³/mol. The van der Waals surface area contributed by atoms with E-state index in [4.69, 9.17) is 5.73 Å². The van der Waals surface area contributed by atoms with Gasteiger partial charge in [-0.3, -0.25) is 0 Å². The zero-order valence-electron chi connectivity index (χ0n) is 6.17. The summed E-state index contributed by atoms with van der Waals surface area (Å²) in [6.07, 6.45) is 5.15. The van der Waals surface area contributed by atoms with Crippen LogP contribution in [0.25, 0.3) is 0 Å². The third-order valence-corrected chi connectivity index (χ3v) is 0.944. The molecule has 0 atom stereocenters. The Morgan fingerprint density at radius 1 is 1.60 bits per heavy atom.